The van der Waals surface area contributed by atoms with E-state index in [1.165, 1.54) is 17.8 Å². The molecule has 1 aromatic heterocycles. The zero-order valence-corrected chi connectivity index (χ0v) is 12.1. The van der Waals surface area contributed by atoms with E-state index in [9.17, 15) is 13.2 Å². The Kier molecular flexibility index (Phi) is 3.72. The highest BCUT2D eigenvalue weighted by Gasteiger charge is 2.29. The van der Waals surface area contributed by atoms with Crippen molar-refractivity contribution in [2.75, 3.05) is 25.1 Å². The molecule has 7 heteroatoms. The van der Waals surface area contributed by atoms with Crippen LogP contribution in [0.15, 0.2) is 6.07 Å². The van der Waals surface area contributed by atoms with Crippen molar-refractivity contribution in [3.05, 3.63) is 16.6 Å². The van der Waals surface area contributed by atoms with Crippen molar-refractivity contribution in [2.45, 2.75) is 13.3 Å². The predicted molar refractivity (Wildman–Crippen MR) is 70.6 cm³/mol. The molecule has 0 N–H and O–H groups in total. The molecule has 2 heterocycles. The van der Waals surface area contributed by atoms with E-state index in [2.05, 4.69) is 4.37 Å². The lowest BCUT2D eigenvalue weighted by atomic mass is 10.2. The molecule has 1 amide bonds. The molecule has 0 spiro atoms. The van der Waals surface area contributed by atoms with Crippen LogP contribution in [0.4, 0.5) is 0 Å². The average molecular weight is 288 g/mol. The summed E-state index contributed by atoms with van der Waals surface area (Å²) in [4.78, 5) is 14.8. The Morgan fingerprint density at radius 2 is 2.33 bits per heavy atom. The van der Waals surface area contributed by atoms with Crippen LogP contribution in [-0.2, 0) is 9.84 Å². The number of aromatic nitrogens is 1. The number of hydrogen-bond donors (Lipinski definition) is 0. The Morgan fingerprint density at radius 3 is 2.89 bits per heavy atom. The van der Waals surface area contributed by atoms with Gasteiger partial charge in [-0.3, -0.25) is 4.79 Å². The quantitative estimate of drug-likeness (QED) is 0.831. The summed E-state index contributed by atoms with van der Waals surface area (Å²) >= 11 is 1.31. The van der Waals surface area contributed by atoms with E-state index in [0.29, 0.717) is 18.8 Å². The van der Waals surface area contributed by atoms with Gasteiger partial charge in [-0.2, -0.15) is 4.37 Å². The smallest absolute Gasteiger partial charge is 0.273 e. The number of carbonyl (C=O) groups excluding carboxylic acids is 1. The minimum absolute atomic E-state index is 0.0590. The molecule has 0 bridgehead atoms. The summed E-state index contributed by atoms with van der Waals surface area (Å²) in [7, 11) is -2.97. The summed E-state index contributed by atoms with van der Waals surface area (Å²) in [6.45, 7) is 3.04. The molecular formula is C11H16N2O3S2. The number of rotatable bonds is 3. The monoisotopic (exact) mass is 288 g/mol. The summed E-state index contributed by atoms with van der Waals surface area (Å²) in [6.07, 6.45) is 1.99. The van der Waals surface area contributed by atoms with E-state index in [-0.39, 0.29) is 17.6 Å². The topological polar surface area (TPSA) is 67.3 Å². The molecule has 1 aliphatic heterocycles. The van der Waals surface area contributed by atoms with Crippen molar-refractivity contribution in [1.82, 2.24) is 9.27 Å². The molecule has 1 aliphatic rings. The highest BCUT2D eigenvalue weighted by Crippen LogP contribution is 2.20. The van der Waals surface area contributed by atoms with Crippen LogP contribution < -0.4 is 0 Å². The maximum atomic E-state index is 12.1. The van der Waals surface area contributed by atoms with E-state index in [4.69, 9.17) is 0 Å². The molecule has 1 aromatic rings. The summed E-state index contributed by atoms with van der Waals surface area (Å²) in [5, 5.41) is 0. The first-order valence-electron chi connectivity index (χ1n) is 5.75. The number of carbonyl (C=O) groups is 1. The Balaban J connectivity index is 1.99. The largest absolute Gasteiger partial charge is 0.337 e. The maximum Gasteiger partial charge on any atom is 0.273 e. The average Bonchev–Trinajstić information content (AvgIpc) is 2.84. The van der Waals surface area contributed by atoms with Crippen LogP contribution in [0, 0.1) is 12.8 Å². The summed E-state index contributed by atoms with van der Waals surface area (Å²) in [5.41, 5.74) is 0.470. The number of hydrogen-bond acceptors (Lipinski definition) is 5. The Labute approximate surface area is 111 Å². The van der Waals surface area contributed by atoms with Gasteiger partial charge in [0.05, 0.1) is 5.75 Å². The van der Waals surface area contributed by atoms with Gasteiger partial charge in [-0.15, -0.1) is 0 Å². The van der Waals surface area contributed by atoms with Gasteiger partial charge in [0.15, 0.2) is 0 Å². The van der Waals surface area contributed by atoms with Gasteiger partial charge in [0.1, 0.15) is 15.5 Å². The zero-order valence-electron chi connectivity index (χ0n) is 10.4. The Bertz CT molecular complexity index is 550. The second kappa shape index (κ2) is 4.97. The molecule has 0 aromatic carbocycles. The van der Waals surface area contributed by atoms with E-state index in [1.54, 1.807) is 11.0 Å². The fourth-order valence-electron chi connectivity index (χ4n) is 2.21. The number of sulfone groups is 1. The normalized spacial score (nSPS) is 20.3. The molecule has 5 nitrogen and oxygen atoms in total. The third-order valence-corrected chi connectivity index (χ3v) is 4.73. The summed E-state index contributed by atoms with van der Waals surface area (Å²) in [5.74, 6) is 0.131. The first-order valence-corrected chi connectivity index (χ1v) is 8.59. The van der Waals surface area contributed by atoms with Gasteiger partial charge in [-0.05, 0) is 36.9 Å². The van der Waals surface area contributed by atoms with Crippen LogP contribution in [0.1, 0.15) is 21.8 Å². The third kappa shape index (κ3) is 3.29. The van der Waals surface area contributed by atoms with Gasteiger partial charge in [-0.1, -0.05) is 0 Å². The van der Waals surface area contributed by atoms with Crippen molar-refractivity contribution in [3.8, 4) is 0 Å². The molecular weight excluding hydrogens is 272 g/mol. The van der Waals surface area contributed by atoms with Crippen LogP contribution in [0.2, 0.25) is 0 Å². The lowest BCUT2D eigenvalue weighted by molar-refractivity contribution is 0.0783. The minimum Gasteiger partial charge on any atom is -0.337 e. The minimum atomic E-state index is -2.97. The number of amides is 1. The van der Waals surface area contributed by atoms with Crippen molar-refractivity contribution in [3.63, 3.8) is 0 Å². The van der Waals surface area contributed by atoms with Gasteiger partial charge in [0.2, 0.25) is 0 Å². The molecule has 1 unspecified atom stereocenters. The second-order valence-corrected chi connectivity index (χ2v) is 8.02. The molecule has 0 radical (unpaired) electrons. The summed E-state index contributed by atoms with van der Waals surface area (Å²) < 4.78 is 26.5. The predicted octanol–water partition coefficient (Wildman–Crippen LogP) is 0.958. The van der Waals surface area contributed by atoms with Crippen LogP contribution in [0.5, 0.6) is 0 Å². The number of aryl methyl sites for hydroxylation is 1. The highest BCUT2D eigenvalue weighted by atomic mass is 32.2. The molecule has 18 heavy (non-hydrogen) atoms. The molecule has 100 valence electrons. The molecule has 1 saturated heterocycles. The third-order valence-electron chi connectivity index (χ3n) is 2.96. The number of nitrogens with zero attached hydrogens (tertiary/aromatic N) is 2. The van der Waals surface area contributed by atoms with Gasteiger partial charge in [0.25, 0.3) is 5.91 Å². The van der Waals surface area contributed by atoms with E-state index in [1.807, 2.05) is 6.92 Å². The first-order chi connectivity index (χ1) is 8.35. The zero-order chi connectivity index (χ0) is 13.3. The van der Waals surface area contributed by atoms with Gasteiger partial charge >= 0.3 is 0 Å². The lowest BCUT2D eigenvalue weighted by Gasteiger charge is -2.14. The molecule has 0 aliphatic carbocycles. The molecule has 1 fully saturated rings. The van der Waals surface area contributed by atoms with Crippen molar-refractivity contribution >= 4 is 27.3 Å². The van der Waals surface area contributed by atoms with E-state index in [0.717, 1.165) is 11.3 Å². The fraction of sp³-hybridized carbons (Fsp3) is 0.636. The molecule has 0 saturated carbocycles. The van der Waals surface area contributed by atoms with Crippen LogP contribution in [0.3, 0.4) is 0 Å². The van der Waals surface area contributed by atoms with Crippen LogP contribution in [0.25, 0.3) is 0 Å². The number of likely N-dealkylation sites (tertiary alicyclic amines) is 1. The van der Waals surface area contributed by atoms with Crippen molar-refractivity contribution in [1.29, 1.82) is 0 Å². The highest BCUT2D eigenvalue weighted by molar-refractivity contribution is 7.90. The maximum absolute atomic E-state index is 12.1. The van der Waals surface area contributed by atoms with Crippen LogP contribution in [-0.4, -0.2) is 48.7 Å². The van der Waals surface area contributed by atoms with Gasteiger partial charge < -0.3 is 4.90 Å². The second-order valence-electron chi connectivity index (χ2n) is 4.82. The van der Waals surface area contributed by atoms with Gasteiger partial charge in [-0.25, -0.2) is 8.42 Å². The standard InChI is InChI=1S/C11H16N2O3S2/c1-8-5-10(12-17-8)11(14)13-4-3-9(6-13)7-18(2,15)16/h5,9H,3-4,6-7H2,1-2H3. The van der Waals surface area contributed by atoms with Crippen molar-refractivity contribution in [2.24, 2.45) is 5.92 Å². The SMILES string of the molecule is Cc1cc(C(=O)N2CCC(CS(C)(=O)=O)C2)ns1. The first kappa shape index (κ1) is 13.5. The summed E-state index contributed by atoms with van der Waals surface area (Å²) in [6, 6.07) is 1.77. The van der Waals surface area contributed by atoms with E-state index >= 15 is 0 Å². The Morgan fingerprint density at radius 1 is 1.61 bits per heavy atom. The lowest BCUT2D eigenvalue weighted by Crippen LogP contribution is -2.29. The van der Waals surface area contributed by atoms with E-state index < -0.39 is 9.84 Å². The van der Waals surface area contributed by atoms with Crippen LogP contribution >= 0.6 is 11.5 Å². The fourth-order valence-corrected chi connectivity index (χ4v) is 3.88. The van der Waals surface area contributed by atoms with Gasteiger partial charge in [0, 0.05) is 24.2 Å². The molecule has 2 rings (SSSR count). The Hall–Kier alpha value is -0.950. The molecule has 1 atom stereocenters. The van der Waals surface area contributed by atoms with Crippen molar-refractivity contribution < 1.29 is 13.2 Å².